The Balaban J connectivity index is 1.84. The first-order valence-corrected chi connectivity index (χ1v) is 7.38. The molecule has 6 heteroatoms. The normalized spacial score (nSPS) is 10.7. The topological polar surface area (TPSA) is 53.5 Å². The first kappa shape index (κ1) is 16.3. The molecule has 0 saturated heterocycles. The number of aryl methyl sites for hydroxylation is 1. The molecule has 0 atom stereocenters. The molecule has 0 aromatic heterocycles. The van der Waals surface area contributed by atoms with Crippen LogP contribution in [-0.4, -0.2) is 18.7 Å². The van der Waals surface area contributed by atoms with Crippen LogP contribution >= 0.6 is 23.2 Å². The molecule has 0 saturated carbocycles. The number of hydrogen-bond acceptors (Lipinski definition) is 3. The van der Waals surface area contributed by atoms with Gasteiger partial charge >= 0.3 is 0 Å². The van der Waals surface area contributed by atoms with Crippen molar-refractivity contribution in [3.05, 3.63) is 63.6 Å². The van der Waals surface area contributed by atoms with E-state index in [0.29, 0.717) is 10.0 Å². The fraction of sp³-hybridized carbons (Fsp3) is 0.125. The molecular weight excluding hydrogens is 321 g/mol. The molecular formula is C16H15Cl2N3O. The predicted octanol–water partition coefficient (Wildman–Crippen LogP) is 3.86. The maximum Gasteiger partial charge on any atom is 0.259 e. The zero-order valence-electron chi connectivity index (χ0n) is 11.9. The number of hydrogen-bond donors (Lipinski definition) is 2. The van der Waals surface area contributed by atoms with E-state index in [0.717, 1.165) is 16.8 Å². The van der Waals surface area contributed by atoms with Crippen LogP contribution in [0.5, 0.6) is 0 Å². The monoisotopic (exact) mass is 335 g/mol. The molecule has 2 rings (SSSR count). The van der Waals surface area contributed by atoms with E-state index < -0.39 is 0 Å². The van der Waals surface area contributed by atoms with Crippen LogP contribution in [0.4, 0.5) is 5.69 Å². The summed E-state index contributed by atoms with van der Waals surface area (Å²) in [6, 6.07) is 12.7. The number of nitrogens with one attached hydrogen (secondary N) is 2. The maximum atomic E-state index is 11.7. The van der Waals surface area contributed by atoms with Crippen LogP contribution in [0.3, 0.4) is 0 Å². The molecule has 22 heavy (non-hydrogen) atoms. The minimum atomic E-state index is -0.252. The fourth-order valence-electron chi connectivity index (χ4n) is 1.79. The molecule has 0 aliphatic heterocycles. The Morgan fingerprint density at radius 3 is 2.73 bits per heavy atom. The second-order valence-corrected chi connectivity index (χ2v) is 5.47. The smallest absolute Gasteiger partial charge is 0.259 e. The second-order valence-electron chi connectivity index (χ2n) is 4.63. The lowest BCUT2D eigenvalue weighted by Crippen LogP contribution is -2.26. The summed E-state index contributed by atoms with van der Waals surface area (Å²) in [7, 11) is 0. The van der Waals surface area contributed by atoms with E-state index in [1.165, 1.54) is 6.21 Å². The van der Waals surface area contributed by atoms with E-state index in [9.17, 15) is 4.79 Å². The molecule has 0 fully saturated rings. The van der Waals surface area contributed by atoms with E-state index in [4.69, 9.17) is 23.2 Å². The summed E-state index contributed by atoms with van der Waals surface area (Å²) in [5, 5.41) is 8.15. The van der Waals surface area contributed by atoms with Gasteiger partial charge in [0.1, 0.15) is 0 Å². The van der Waals surface area contributed by atoms with Crippen molar-refractivity contribution in [3.8, 4) is 0 Å². The number of benzene rings is 2. The average molecular weight is 336 g/mol. The Labute approximate surface area is 139 Å². The van der Waals surface area contributed by atoms with Crippen LogP contribution in [0.25, 0.3) is 0 Å². The predicted molar refractivity (Wildman–Crippen MR) is 91.9 cm³/mol. The van der Waals surface area contributed by atoms with Gasteiger partial charge in [0.05, 0.1) is 12.8 Å². The number of carbonyl (C=O) groups is 1. The van der Waals surface area contributed by atoms with Crippen molar-refractivity contribution in [1.29, 1.82) is 0 Å². The zero-order chi connectivity index (χ0) is 15.9. The van der Waals surface area contributed by atoms with Crippen LogP contribution in [0.2, 0.25) is 10.0 Å². The highest BCUT2D eigenvalue weighted by Crippen LogP contribution is 2.19. The van der Waals surface area contributed by atoms with Crippen molar-refractivity contribution in [3.63, 3.8) is 0 Å². The van der Waals surface area contributed by atoms with E-state index in [-0.39, 0.29) is 12.5 Å². The van der Waals surface area contributed by atoms with Gasteiger partial charge in [0.15, 0.2) is 0 Å². The van der Waals surface area contributed by atoms with Gasteiger partial charge < -0.3 is 5.32 Å². The lowest BCUT2D eigenvalue weighted by atomic mass is 10.2. The minimum absolute atomic E-state index is 0.113. The third-order valence-corrected chi connectivity index (χ3v) is 3.51. The van der Waals surface area contributed by atoms with Gasteiger partial charge in [-0.2, -0.15) is 5.10 Å². The number of halogens is 2. The van der Waals surface area contributed by atoms with Crippen LogP contribution in [0, 0.1) is 6.92 Å². The van der Waals surface area contributed by atoms with Gasteiger partial charge in [0.25, 0.3) is 5.91 Å². The second kappa shape index (κ2) is 7.82. The first-order valence-electron chi connectivity index (χ1n) is 6.63. The number of rotatable bonds is 5. The van der Waals surface area contributed by atoms with Crippen LogP contribution in [0.15, 0.2) is 47.6 Å². The standard InChI is InChI=1S/C16H15Cl2N3O/c1-11-8-13(17)6-7-15(11)19-10-16(22)21-20-9-12-4-2-3-5-14(12)18/h2-9,19H,10H2,1H3,(H,21,22)/b20-9-. The van der Waals surface area contributed by atoms with E-state index >= 15 is 0 Å². The SMILES string of the molecule is Cc1cc(Cl)ccc1NCC(=O)N/N=C\c1ccccc1Cl. The Kier molecular flexibility index (Phi) is 5.81. The molecule has 0 aliphatic rings. The molecule has 114 valence electrons. The molecule has 0 unspecified atom stereocenters. The minimum Gasteiger partial charge on any atom is -0.376 e. The number of hydrazone groups is 1. The van der Waals surface area contributed by atoms with Crippen molar-refractivity contribution >= 4 is 41.0 Å². The molecule has 2 aromatic rings. The summed E-state index contributed by atoms with van der Waals surface area (Å²) in [4.78, 5) is 11.7. The highest BCUT2D eigenvalue weighted by atomic mass is 35.5. The van der Waals surface area contributed by atoms with Gasteiger partial charge in [0.2, 0.25) is 0 Å². The average Bonchev–Trinajstić information content (AvgIpc) is 2.48. The molecule has 4 nitrogen and oxygen atoms in total. The largest absolute Gasteiger partial charge is 0.376 e. The summed E-state index contributed by atoms with van der Waals surface area (Å²) in [5.41, 5.74) is 5.01. The number of anilines is 1. The Bertz CT molecular complexity index is 702. The lowest BCUT2D eigenvalue weighted by molar-refractivity contribution is -0.119. The summed E-state index contributed by atoms with van der Waals surface area (Å²) in [6.07, 6.45) is 1.51. The van der Waals surface area contributed by atoms with E-state index in [2.05, 4.69) is 15.8 Å². The third kappa shape index (κ3) is 4.76. The van der Waals surface area contributed by atoms with Crippen LogP contribution in [-0.2, 0) is 4.79 Å². The summed E-state index contributed by atoms with van der Waals surface area (Å²) < 4.78 is 0. The van der Waals surface area contributed by atoms with E-state index in [1.807, 2.05) is 37.3 Å². The van der Waals surface area contributed by atoms with Crippen LogP contribution < -0.4 is 10.7 Å². The molecule has 1 amide bonds. The third-order valence-electron chi connectivity index (χ3n) is 2.93. The molecule has 2 N–H and O–H groups in total. The molecule has 0 heterocycles. The summed E-state index contributed by atoms with van der Waals surface area (Å²) in [5.74, 6) is -0.252. The number of nitrogens with zero attached hydrogens (tertiary/aromatic N) is 1. The van der Waals surface area contributed by atoms with Crippen molar-refractivity contribution in [2.75, 3.05) is 11.9 Å². The molecule has 0 spiro atoms. The Hall–Kier alpha value is -2.04. The van der Waals surface area contributed by atoms with Gasteiger partial charge in [-0.05, 0) is 36.8 Å². The van der Waals surface area contributed by atoms with Crippen molar-refractivity contribution in [1.82, 2.24) is 5.43 Å². The fourth-order valence-corrected chi connectivity index (χ4v) is 2.21. The zero-order valence-corrected chi connectivity index (χ0v) is 13.4. The van der Waals surface area contributed by atoms with Crippen LogP contribution in [0.1, 0.15) is 11.1 Å². The van der Waals surface area contributed by atoms with Gasteiger partial charge in [-0.15, -0.1) is 0 Å². The molecule has 0 aliphatic carbocycles. The van der Waals surface area contributed by atoms with Gasteiger partial charge in [-0.3, -0.25) is 4.79 Å². The van der Waals surface area contributed by atoms with Gasteiger partial charge in [-0.1, -0.05) is 41.4 Å². The summed E-state index contributed by atoms with van der Waals surface area (Å²) >= 11 is 11.9. The quantitative estimate of drug-likeness (QED) is 0.643. The van der Waals surface area contributed by atoms with Gasteiger partial charge in [0, 0.05) is 21.3 Å². The first-order chi connectivity index (χ1) is 10.6. The van der Waals surface area contributed by atoms with Crippen molar-refractivity contribution < 1.29 is 4.79 Å². The van der Waals surface area contributed by atoms with Gasteiger partial charge in [-0.25, -0.2) is 5.43 Å². The van der Waals surface area contributed by atoms with Crippen molar-refractivity contribution in [2.45, 2.75) is 6.92 Å². The number of amides is 1. The highest BCUT2D eigenvalue weighted by molar-refractivity contribution is 6.33. The van der Waals surface area contributed by atoms with E-state index in [1.54, 1.807) is 12.1 Å². The molecule has 0 radical (unpaired) electrons. The lowest BCUT2D eigenvalue weighted by Gasteiger charge is -2.08. The number of carbonyl (C=O) groups excluding carboxylic acids is 1. The molecule has 0 bridgehead atoms. The van der Waals surface area contributed by atoms with Crippen molar-refractivity contribution in [2.24, 2.45) is 5.10 Å². The maximum absolute atomic E-state index is 11.7. The highest BCUT2D eigenvalue weighted by Gasteiger charge is 2.02. The Morgan fingerprint density at radius 1 is 1.23 bits per heavy atom. The Morgan fingerprint density at radius 2 is 2.00 bits per heavy atom. The summed E-state index contributed by atoms with van der Waals surface area (Å²) in [6.45, 7) is 2.03. The molecule has 2 aromatic carbocycles.